The van der Waals surface area contributed by atoms with Gasteiger partial charge in [0.25, 0.3) is 5.91 Å². The van der Waals surface area contributed by atoms with Crippen LogP contribution in [0.5, 0.6) is 0 Å². The van der Waals surface area contributed by atoms with Crippen molar-refractivity contribution in [2.45, 2.75) is 188 Å². The van der Waals surface area contributed by atoms with E-state index in [1.165, 1.54) is 4.31 Å². The van der Waals surface area contributed by atoms with Crippen molar-refractivity contribution in [3.05, 3.63) is 12.7 Å². The van der Waals surface area contributed by atoms with Crippen LogP contribution in [0, 0.1) is 33.5 Å². The molecule has 2 saturated heterocycles. The van der Waals surface area contributed by atoms with E-state index < -0.39 is 57.0 Å². The number of nitrogens with one attached hydrogen (secondary N) is 4. The lowest BCUT2D eigenvalue weighted by atomic mass is 9.73. The highest BCUT2D eigenvalue weighted by molar-refractivity contribution is 7.87. The van der Waals surface area contributed by atoms with E-state index in [0.29, 0.717) is 19.4 Å². The first-order valence-electron chi connectivity index (χ1n) is 23.5. The predicted octanol–water partition coefficient (Wildman–Crippen LogP) is 4.80. The van der Waals surface area contributed by atoms with Crippen molar-refractivity contribution in [2.75, 3.05) is 26.2 Å². The Hall–Kier alpha value is -3.04. The number of carbonyl (C=O) groups excluding carboxylic acids is 5. The van der Waals surface area contributed by atoms with Crippen molar-refractivity contribution in [1.82, 2.24) is 34.8 Å². The minimum atomic E-state index is -4.18. The molecule has 6 rings (SSSR count). The molecule has 0 aromatic rings. The fraction of sp³-hybridized carbons (Fsp3) is 0.848. The van der Waals surface area contributed by atoms with Gasteiger partial charge in [-0.05, 0) is 100 Å². The molecule has 6 fully saturated rings. The lowest BCUT2D eigenvalue weighted by Crippen LogP contribution is -2.63. The maximum atomic E-state index is 15.3. The van der Waals surface area contributed by atoms with Crippen LogP contribution < -0.4 is 20.7 Å². The maximum Gasteiger partial charge on any atom is 0.303 e. The van der Waals surface area contributed by atoms with E-state index in [1.54, 1.807) is 17.9 Å². The van der Waals surface area contributed by atoms with Crippen LogP contribution in [0.25, 0.3) is 0 Å². The Morgan fingerprint density at radius 3 is 2.05 bits per heavy atom. The number of carbonyl (C=O) groups is 5. The molecule has 344 valence electrons. The third kappa shape index (κ3) is 8.42. The van der Waals surface area contributed by atoms with Gasteiger partial charge in [0.1, 0.15) is 23.7 Å². The standard InChI is InChI=1S/C46H77N7O7S/c1-11-25-51(13-3)61(59,60)50-41(58)46(27-32(46)12-2)49-38(55)34-28-45(43(9,10)44(45)23-19-24-44)29-53(34)40(57)36(42(6,7)8)48-39(56)35(31-20-15-14-16-21-31)47-37(54)33-22-17-18-26-52(33)30(4)5/h12,30-36H,2,11,13-29H2,1,3-10H3,(H,47,54)(H,48,56)(H,49,55)(H,50,58)/t32-,33+,34+,35+,36-,45-,46-/m1/s1. The van der Waals surface area contributed by atoms with Gasteiger partial charge in [0.15, 0.2) is 0 Å². The number of likely N-dealkylation sites (tertiary alicyclic amines) is 2. The molecule has 4 saturated carbocycles. The number of hydrogen-bond donors (Lipinski definition) is 4. The summed E-state index contributed by atoms with van der Waals surface area (Å²) in [6.45, 7) is 23.4. The zero-order chi connectivity index (χ0) is 44.9. The quantitative estimate of drug-likeness (QED) is 0.160. The highest BCUT2D eigenvalue weighted by Crippen LogP contribution is 2.88. The molecular formula is C46H77N7O7S. The largest absolute Gasteiger partial charge is 0.343 e. The first kappa shape index (κ1) is 47.4. The molecule has 0 aromatic heterocycles. The molecule has 2 heterocycles. The van der Waals surface area contributed by atoms with E-state index >= 15 is 4.79 Å². The number of nitrogens with zero attached hydrogens (tertiary/aromatic N) is 3. The summed E-state index contributed by atoms with van der Waals surface area (Å²) in [5.74, 6) is -2.82. The molecule has 6 aliphatic rings. The van der Waals surface area contributed by atoms with E-state index in [4.69, 9.17) is 0 Å². The first-order valence-corrected chi connectivity index (χ1v) is 25.0. The van der Waals surface area contributed by atoms with Crippen LogP contribution >= 0.6 is 0 Å². The number of amides is 5. The smallest absolute Gasteiger partial charge is 0.303 e. The van der Waals surface area contributed by atoms with Gasteiger partial charge in [-0.15, -0.1) is 6.58 Å². The molecule has 2 spiro atoms. The Kier molecular flexibility index (Phi) is 13.6. The maximum absolute atomic E-state index is 15.3. The van der Waals surface area contributed by atoms with Gasteiger partial charge < -0.3 is 20.9 Å². The molecule has 15 heteroatoms. The van der Waals surface area contributed by atoms with Gasteiger partial charge in [-0.3, -0.25) is 28.9 Å². The van der Waals surface area contributed by atoms with Crippen molar-refractivity contribution in [3.63, 3.8) is 0 Å². The molecule has 2 aliphatic heterocycles. The van der Waals surface area contributed by atoms with Crippen LogP contribution in [0.1, 0.15) is 152 Å². The van der Waals surface area contributed by atoms with Gasteiger partial charge in [0.2, 0.25) is 23.6 Å². The van der Waals surface area contributed by atoms with Gasteiger partial charge in [0.05, 0.1) is 6.04 Å². The summed E-state index contributed by atoms with van der Waals surface area (Å²) in [6.07, 6.45) is 13.1. The second-order valence-electron chi connectivity index (χ2n) is 21.3. The van der Waals surface area contributed by atoms with E-state index in [2.05, 4.69) is 59.8 Å². The van der Waals surface area contributed by atoms with E-state index in [0.717, 1.165) is 77.2 Å². The average Bonchev–Trinajstić information content (AvgIpc) is 3.92. The molecule has 14 nitrogen and oxygen atoms in total. The zero-order valence-corrected chi connectivity index (χ0v) is 39.5. The Morgan fingerprint density at radius 2 is 1.52 bits per heavy atom. The van der Waals surface area contributed by atoms with Crippen molar-refractivity contribution < 1.29 is 32.4 Å². The minimum absolute atomic E-state index is 0.0252. The number of fused-ring (bicyclic) bond motifs is 1. The molecule has 4 aliphatic carbocycles. The van der Waals surface area contributed by atoms with Crippen molar-refractivity contribution >= 4 is 39.7 Å². The molecule has 5 amide bonds. The molecule has 0 radical (unpaired) electrons. The van der Waals surface area contributed by atoms with Crippen LogP contribution in [-0.2, 0) is 34.2 Å². The van der Waals surface area contributed by atoms with Gasteiger partial charge in [0, 0.05) is 37.0 Å². The summed E-state index contributed by atoms with van der Waals surface area (Å²) >= 11 is 0. The second kappa shape index (κ2) is 17.5. The van der Waals surface area contributed by atoms with Crippen LogP contribution in [0.3, 0.4) is 0 Å². The Balaban J connectivity index is 1.28. The van der Waals surface area contributed by atoms with E-state index in [1.807, 2.05) is 27.7 Å². The fourth-order valence-electron chi connectivity index (χ4n) is 12.4. The SMILES string of the molecule is C=C[C@@H]1C[C@]1(NC(=O)[C@@H]1C[C@@]2(CN1C(=O)[C@@H](NC(=O)[C@@H](NC(=O)[C@@H]1CCCCN1C(C)C)C1CCCCC1)C(C)(C)C)C(C)(C)C21CCC1)C(=O)NS(=O)(=O)N(CC)CCC. The second-order valence-corrected chi connectivity index (χ2v) is 23.0. The summed E-state index contributed by atoms with van der Waals surface area (Å²) in [7, 11) is -4.18. The first-order chi connectivity index (χ1) is 28.6. The molecule has 0 bridgehead atoms. The third-order valence-electron chi connectivity index (χ3n) is 16.4. The van der Waals surface area contributed by atoms with Gasteiger partial charge in [-0.25, -0.2) is 4.72 Å². The van der Waals surface area contributed by atoms with Crippen LogP contribution in [-0.4, -0.2) is 114 Å². The van der Waals surface area contributed by atoms with Crippen LogP contribution in [0.4, 0.5) is 0 Å². The molecule has 0 aromatic carbocycles. The Labute approximate surface area is 366 Å². The van der Waals surface area contributed by atoms with Crippen molar-refractivity contribution in [1.29, 1.82) is 0 Å². The van der Waals surface area contributed by atoms with Gasteiger partial charge >= 0.3 is 10.2 Å². The number of piperidine rings is 1. The van der Waals surface area contributed by atoms with E-state index in [-0.39, 0.29) is 71.5 Å². The normalized spacial score (nSPS) is 30.7. The number of hydrogen-bond acceptors (Lipinski definition) is 8. The minimum Gasteiger partial charge on any atom is -0.343 e. The zero-order valence-electron chi connectivity index (χ0n) is 38.7. The summed E-state index contributed by atoms with van der Waals surface area (Å²) in [6, 6.07) is -2.95. The topological polar surface area (TPSA) is 177 Å². The summed E-state index contributed by atoms with van der Waals surface area (Å²) in [5.41, 5.74) is -2.84. The Morgan fingerprint density at radius 1 is 0.869 bits per heavy atom. The summed E-state index contributed by atoms with van der Waals surface area (Å²) in [4.78, 5) is 76.8. The summed E-state index contributed by atoms with van der Waals surface area (Å²) in [5, 5.41) is 9.33. The lowest BCUT2D eigenvalue weighted by molar-refractivity contribution is -0.145. The number of rotatable bonds is 16. The molecular weight excluding hydrogens is 795 g/mol. The molecule has 0 unspecified atom stereocenters. The van der Waals surface area contributed by atoms with Crippen LogP contribution in [0.2, 0.25) is 0 Å². The molecule has 4 N–H and O–H groups in total. The highest BCUT2D eigenvalue weighted by Gasteiger charge is 2.85. The predicted molar refractivity (Wildman–Crippen MR) is 236 cm³/mol. The third-order valence-corrected chi connectivity index (χ3v) is 18.0. The summed E-state index contributed by atoms with van der Waals surface area (Å²) < 4.78 is 30.1. The fourth-order valence-corrected chi connectivity index (χ4v) is 13.7. The average molecular weight is 872 g/mol. The van der Waals surface area contributed by atoms with Gasteiger partial charge in [-0.2, -0.15) is 12.7 Å². The molecule has 61 heavy (non-hydrogen) atoms. The van der Waals surface area contributed by atoms with Crippen molar-refractivity contribution in [3.8, 4) is 0 Å². The van der Waals surface area contributed by atoms with E-state index in [9.17, 15) is 27.6 Å². The highest BCUT2D eigenvalue weighted by atomic mass is 32.2. The van der Waals surface area contributed by atoms with Crippen molar-refractivity contribution in [2.24, 2.45) is 33.5 Å². The van der Waals surface area contributed by atoms with Crippen LogP contribution in [0.15, 0.2) is 12.7 Å². The lowest BCUT2D eigenvalue weighted by Gasteiger charge is -2.40. The monoisotopic (exact) mass is 872 g/mol. The molecule has 7 atom stereocenters. The van der Waals surface area contributed by atoms with Gasteiger partial charge in [-0.1, -0.05) is 86.6 Å². The Bertz CT molecular complexity index is 1820.